The maximum atomic E-state index is 12.4. The van der Waals surface area contributed by atoms with Crippen LogP contribution in [-0.2, 0) is 17.6 Å². The lowest BCUT2D eigenvalue weighted by atomic mass is 10.2. The Morgan fingerprint density at radius 2 is 1.79 bits per heavy atom. The number of carbonyl (C=O) groups excluding carboxylic acids is 2. The second-order valence-corrected chi connectivity index (χ2v) is 6.35. The maximum Gasteiger partial charge on any atom is 0.264 e. The van der Waals surface area contributed by atoms with Crippen LogP contribution in [0.15, 0.2) is 6.07 Å². The number of fused-ring (bicyclic) bond motifs is 1. The van der Waals surface area contributed by atoms with E-state index in [0.717, 1.165) is 17.7 Å². The third-order valence-corrected chi connectivity index (χ3v) is 5.19. The molecule has 0 spiro atoms. The molecule has 3 rings (SSSR count). The van der Waals surface area contributed by atoms with Gasteiger partial charge >= 0.3 is 0 Å². The molecule has 1 aliphatic carbocycles. The number of piperazine rings is 1. The first-order chi connectivity index (χ1) is 9.15. The molecule has 2 amide bonds. The smallest absolute Gasteiger partial charge is 0.264 e. The van der Waals surface area contributed by atoms with Crippen LogP contribution in [0.2, 0.25) is 0 Å². The number of hydrogen-bond donors (Lipinski definition) is 0. The first kappa shape index (κ1) is 12.7. The lowest BCUT2D eigenvalue weighted by Gasteiger charge is -2.34. The Morgan fingerprint density at radius 3 is 2.42 bits per heavy atom. The zero-order valence-electron chi connectivity index (χ0n) is 11.1. The Morgan fingerprint density at radius 1 is 1.11 bits per heavy atom. The van der Waals surface area contributed by atoms with Crippen LogP contribution in [0.4, 0.5) is 0 Å². The highest BCUT2D eigenvalue weighted by Gasteiger charge is 2.26. The van der Waals surface area contributed by atoms with Crippen molar-refractivity contribution in [2.24, 2.45) is 0 Å². The quantitative estimate of drug-likeness (QED) is 0.782. The zero-order valence-corrected chi connectivity index (χ0v) is 12.0. The summed E-state index contributed by atoms with van der Waals surface area (Å²) in [6.45, 7) is 4.21. The molecule has 0 saturated carbocycles. The topological polar surface area (TPSA) is 40.6 Å². The molecule has 0 atom stereocenters. The molecule has 0 N–H and O–H groups in total. The molecule has 1 aromatic rings. The van der Waals surface area contributed by atoms with Gasteiger partial charge in [-0.05, 0) is 30.9 Å². The zero-order chi connectivity index (χ0) is 13.4. The summed E-state index contributed by atoms with van der Waals surface area (Å²) in [5.41, 5.74) is 1.37. The number of hydrogen-bond acceptors (Lipinski definition) is 3. The van der Waals surface area contributed by atoms with Crippen molar-refractivity contribution < 1.29 is 9.59 Å². The molecule has 0 aromatic carbocycles. The summed E-state index contributed by atoms with van der Waals surface area (Å²) in [5.74, 6) is 0.241. The van der Waals surface area contributed by atoms with Crippen molar-refractivity contribution in [1.29, 1.82) is 0 Å². The minimum Gasteiger partial charge on any atom is -0.339 e. The Bertz CT molecular complexity index is 494. The summed E-state index contributed by atoms with van der Waals surface area (Å²) in [5, 5.41) is 0. The van der Waals surface area contributed by atoms with Gasteiger partial charge in [-0.15, -0.1) is 11.3 Å². The first-order valence-corrected chi connectivity index (χ1v) is 7.63. The molecule has 1 saturated heterocycles. The number of carbonyl (C=O) groups is 2. The molecule has 4 nitrogen and oxygen atoms in total. The first-order valence-electron chi connectivity index (χ1n) is 6.81. The summed E-state index contributed by atoms with van der Waals surface area (Å²) in [4.78, 5) is 29.6. The molecule has 102 valence electrons. The van der Waals surface area contributed by atoms with E-state index in [1.807, 2.05) is 4.90 Å². The Hall–Kier alpha value is -1.36. The van der Waals surface area contributed by atoms with Gasteiger partial charge in [0.05, 0.1) is 4.88 Å². The van der Waals surface area contributed by atoms with Crippen LogP contribution in [0, 0.1) is 0 Å². The Balaban J connectivity index is 1.66. The standard InChI is InChI=1S/C14H18N2O2S/c1-10(17)15-5-7-16(8-6-15)14(18)13-9-11-3-2-4-12(11)19-13/h9H,2-8H2,1H3. The van der Waals surface area contributed by atoms with Crippen molar-refractivity contribution in [3.63, 3.8) is 0 Å². The summed E-state index contributed by atoms with van der Waals surface area (Å²) in [7, 11) is 0. The number of thiophene rings is 1. The Kier molecular flexibility index (Phi) is 3.31. The van der Waals surface area contributed by atoms with Crippen LogP contribution >= 0.6 is 11.3 Å². The van der Waals surface area contributed by atoms with Crippen molar-refractivity contribution in [3.05, 3.63) is 21.4 Å². The van der Waals surface area contributed by atoms with E-state index in [9.17, 15) is 9.59 Å². The highest BCUT2D eigenvalue weighted by atomic mass is 32.1. The van der Waals surface area contributed by atoms with Gasteiger partial charge in [0.2, 0.25) is 5.91 Å². The average Bonchev–Trinajstić information content (AvgIpc) is 2.98. The van der Waals surface area contributed by atoms with Crippen molar-refractivity contribution in [2.45, 2.75) is 26.2 Å². The third kappa shape index (κ3) is 2.39. The van der Waals surface area contributed by atoms with Crippen molar-refractivity contribution in [2.75, 3.05) is 26.2 Å². The molecule has 0 bridgehead atoms. The van der Waals surface area contributed by atoms with Crippen LogP contribution < -0.4 is 0 Å². The van der Waals surface area contributed by atoms with Gasteiger partial charge in [-0.25, -0.2) is 0 Å². The number of rotatable bonds is 1. The minimum atomic E-state index is 0.0993. The molecule has 1 fully saturated rings. The minimum absolute atomic E-state index is 0.0993. The van der Waals surface area contributed by atoms with Crippen LogP contribution in [-0.4, -0.2) is 47.8 Å². The van der Waals surface area contributed by atoms with E-state index >= 15 is 0 Å². The normalized spacial score (nSPS) is 18.6. The van der Waals surface area contributed by atoms with Gasteiger partial charge in [0, 0.05) is 38.0 Å². The summed E-state index contributed by atoms with van der Waals surface area (Å²) in [6.07, 6.45) is 3.48. The van der Waals surface area contributed by atoms with E-state index < -0.39 is 0 Å². The van der Waals surface area contributed by atoms with Gasteiger partial charge < -0.3 is 9.80 Å². The predicted molar refractivity (Wildman–Crippen MR) is 74.5 cm³/mol. The van der Waals surface area contributed by atoms with Crippen LogP contribution in [0.1, 0.15) is 33.5 Å². The van der Waals surface area contributed by atoms with Crippen LogP contribution in [0.25, 0.3) is 0 Å². The fourth-order valence-electron chi connectivity index (χ4n) is 2.81. The highest BCUT2D eigenvalue weighted by Crippen LogP contribution is 2.31. The number of aryl methyl sites for hydroxylation is 2. The molecule has 0 unspecified atom stereocenters. The molecule has 19 heavy (non-hydrogen) atoms. The van der Waals surface area contributed by atoms with Gasteiger partial charge in [0.15, 0.2) is 0 Å². The second-order valence-electron chi connectivity index (χ2n) is 5.21. The molecular weight excluding hydrogens is 260 g/mol. The summed E-state index contributed by atoms with van der Waals surface area (Å²) >= 11 is 1.66. The van der Waals surface area contributed by atoms with E-state index in [1.54, 1.807) is 23.2 Å². The molecule has 1 aromatic heterocycles. The second kappa shape index (κ2) is 4.96. The van der Waals surface area contributed by atoms with E-state index in [4.69, 9.17) is 0 Å². The predicted octanol–water partition coefficient (Wildman–Crippen LogP) is 1.54. The fraction of sp³-hybridized carbons (Fsp3) is 0.571. The SMILES string of the molecule is CC(=O)N1CCN(C(=O)c2cc3c(s2)CCC3)CC1. The molecule has 0 radical (unpaired) electrons. The van der Waals surface area contributed by atoms with Gasteiger partial charge in [-0.3, -0.25) is 9.59 Å². The Labute approximate surface area is 117 Å². The third-order valence-electron chi connectivity index (χ3n) is 3.97. The fourth-order valence-corrected chi connectivity index (χ4v) is 4.04. The molecular formula is C14H18N2O2S. The van der Waals surface area contributed by atoms with Gasteiger partial charge in [0.25, 0.3) is 5.91 Å². The van der Waals surface area contributed by atoms with Crippen LogP contribution in [0.5, 0.6) is 0 Å². The monoisotopic (exact) mass is 278 g/mol. The largest absolute Gasteiger partial charge is 0.339 e. The summed E-state index contributed by atoms with van der Waals surface area (Å²) < 4.78 is 0. The van der Waals surface area contributed by atoms with Crippen LogP contribution in [0.3, 0.4) is 0 Å². The molecule has 5 heteroatoms. The maximum absolute atomic E-state index is 12.4. The van der Waals surface area contributed by atoms with Gasteiger partial charge in [-0.2, -0.15) is 0 Å². The number of amides is 2. The molecule has 2 aliphatic rings. The van der Waals surface area contributed by atoms with E-state index in [2.05, 4.69) is 6.07 Å². The van der Waals surface area contributed by atoms with E-state index in [-0.39, 0.29) is 11.8 Å². The van der Waals surface area contributed by atoms with Crippen molar-refractivity contribution in [1.82, 2.24) is 9.80 Å². The molecule has 2 heterocycles. The molecule has 1 aliphatic heterocycles. The van der Waals surface area contributed by atoms with Crippen molar-refractivity contribution in [3.8, 4) is 0 Å². The van der Waals surface area contributed by atoms with Gasteiger partial charge in [0.1, 0.15) is 0 Å². The van der Waals surface area contributed by atoms with E-state index in [1.165, 1.54) is 16.9 Å². The van der Waals surface area contributed by atoms with E-state index in [0.29, 0.717) is 26.2 Å². The number of nitrogens with zero attached hydrogens (tertiary/aromatic N) is 2. The average molecular weight is 278 g/mol. The summed E-state index contributed by atoms with van der Waals surface area (Å²) in [6, 6.07) is 2.08. The van der Waals surface area contributed by atoms with Crippen molar-refractivity contribution >= 4 is 23.2 Å². The lowest BCUT2D eigenvalue weighted by Crippen LogP contribution is -2.49. The lowest BCUT2D eigenvalue weighted by molar-refractivity contribution is -0.130. The highest BCUT2D eigenvalue weighted by molar-refractivity contribution is 7.14. The van der Waals surface area contributed by atoms with Gasteiger partial charge in [-0.1, -0.05) is 0 Å².